The van der Waals surface area contributed by atoms with Crippen molar-refractivity contribution in [2.24, 2.45) is 5.92 Å². The van der Waals surface area contributed by atoms with Gasteiger partial charge in [0.15, 0.2) is 0 Å². The molecule has 1 aliphatic rings. The zero-order valence-electron chi connectivity index (χ0n) is 19.0. The average molecular weight is 444 g/mol. The lowest BCUT2D eigenvalue weighted by molar-refractivity contribution is -0.144. The van der Waals surface area contributed by atoms with Gasteiger partial charge in [-0.25, -0.2) is 0 Å². The minimum Gasteiger partial charge on any atom is -0.497 e. The van der Waals surface area contributed by atoms with Crippen molar-refractivity contribution in [3.63, 3.8) is 0 Å². The lowest BCUT2D eigenvalue weighted by Crippen LogP contribution is -2.43. The summed E-state index contributed by atoms with van der Waals surface area (Å²) in [7, 11) is 1.68. The number of nitrogens with one attached hydrogen (secondary N) is 1. The van der Waals surface area contributed by atoms with E-state index in [1.807, 2.05) is 26.0 Å². The summed E-state index contributed by atoms with van der Waals surface area (Å²) in [6.45, 7) is 6.49. The first kappa shape index (κ1) is 23.6. The van der Waals surface area contributed by atoms with Crippen LogP contribution in [0.15, 0.2) is 42.5 Å². The molecule has 3 rings (SSSR count). The van der Waals surface area contributed by atoms with Gasteiger partial charge in [-0.2, -0.15) is 0 Å². The lowest BCUT2D eigenvalue weighted by atomic mass is 9.70. The molecule has 4 atom stereocenters. The average Bonchev–Trinajstić information content (AvgIpc) is 2.76. The lowest BCUT2D eigenvalue weighted by Gasteiger charge is -2.40. The third-order valence-corrected chi connectivity index (χ3v) is 6.83. The number of methoxy groups -OCH3 is 1. The Labute approximate surface area is 191 Å². The molecule has 0 aromatic heterocycles. The molecule has 2 aromatic carbocycles. The Morgan fingerprint density at radius 3 is 2.58 bits per heavy atom. The van der Waals surface area contributed by atoms with Crippen molar-refractivity contribution in [3.05, 3.63) is 64.2 Å². The van der Waals surface area contributed by atoms with Crippen LogP contribution in [0, 0.1) is 12.8 Å². The first-order valence-electron chi connectivity index (χ1n) is 11.2. The number of hydrogen-bond donors (Lipinski definition) is 1. The monoisotopic (exact) mass is 443 g/mol. The number of carbonyl (C=O) groups is 1. The first-order chi connectivity index (χ1) is 14.9. The Kier molecular flexibility index (Phi) is 8.39. The molecule has 1 aliphatic carbocycles. The number of ether oxygens (including phenoxy) is 2. The molecule has 0 saturated heterocycles. The molecule has 0 radical (unpaired) electrons. The Balaban J connectivity index is 1.85. The van der Waals surface area contributed by atoms with E-state index in [0.29, 0.717) is 13.0 Å². The smallest absolute Gasteiger partial charge is 0.306 e. The molecule has 1 saturated carbocycles. The van der Waals surface area contributed by atoms with Crippen molar-refractivity contribution in [2.75, 3.05) is 13.7 Å². The molecule has 0 heterocycles. The molecule has 31 heavy (non-hydrogen) atoms. The van der Waals surface area contributed by atoms with Crippen LogP contribution in [0.1, 0.15) is 68.2 Å². The predicted octanol–water partition coefficient (Wildman–Crippen LogP) is 6.21. The van der Waals surface area contributed by atoms with Crippen LogP contribution in [0.5, 0.6) is 5.75 Å². The minimum atomic E-state index is -0.112. The van der Waals surface area contributed by atoms with Gasteiger partial charge < -0.3 is 14.8 Å². The van der Waals surface area contributed by atoms with E-state index in [-0.39, 0.29) is 29.9 Å². The molecule has 0 bridgehead atoms. The number of benzene rings is 2. The van der Waals surface area contributed by atoms with Crippen LogP contribution in [-0.2, 0) is 9.53 Å². The van der Waals surface area contributed by atoms with E-state index < -0.39 is 0 Å². The zero-order chi connectivity index (χ0) is 22.4. The minimum absolute atomic E-state index is 0.112. The van der Waals surface area contributed by atoms with Crippen LogP contribution in [0.2, 0.25) is 5.02 Å². The van der Waals surface area contributed by atoms with Crippen LogP contribution in [0.4, 0.5) is 0 Å². The Morgan fingerprint density at radius 2 is 1.94 bits per heavy atom. The predicted molar refractivity (Wildman–Crippen MR) is 126 cm³/mol. The van der Waals surface area contributed by atoms with E-state index in [9.17, 15) is 4.79 Å². The molecular weight excluding hydrogens is 410 g/mol. The third kappa shape index (κ3) is 6.02. The maximum absolute atomic E-state index is 12.3. The fourth-order valence-electron chi connectivity index (χ4n) is 4.77. The number of rotatable bonds is 8. The maximum Gasteiger partial charge on any atom is 0.306 e. The Hall–Kier alpha value is -2.04. The van der Waals surface area contributed by atoms with Gasteiger partial charge >= 0.3 is 5.97 Å². The summed E-state index contributed by atoms with van der Waals surface area (Å²) in [6.07, 6.45) is 3.62. The summed E-state index contributed by atoms with van der Waals surface area (Å²) in [5.74, 6) is 1.18. The zero-order valence-corrected chi connectivity index (χ0v) is 19.7. The molecule has 2 aromatic rings. The summed E-state index contributed by atoms with van der Waals surface area (Å²) in [6, 6.07) is 15.0. The molecular formula is C26H34ClNO3. The topological polar surface area (TPSA) is 47.6 Å². The molecule has 0 aliphatic heterocycles. The Morgan fingerprint density at radius 1 is 1.19 bits per heavy atom. The van der Waals surface area contributed by atoms with Gasteiger partial charge in [-0.15, -0.1) is 0 Å². The van der Waals surface area contributed by atoms with Gasteiger partial charge in [0.1, 0.15) is 5.75 Å². The van der Waals surface area contributed by atoms with Gasteiger partial charge in [0.25, 0.3) is 0 Å². The van der Waals surface area contributed by atoms with Crippen LogP contribution in [0.25, 0.3) is 0 Å². The molecule has 0 amide bonds. The number of esters is 1. The number of halogens is 1. The van der Waals surface area contributed by atoms with Gasteiger partial charge in [0, 0.05) is 29.4 Å². The molecule has 4 nitrogen and oxygen atoms in total. The largest absolute Gasteiger partial charge is 0.497 e. The van der Waals surface area contributed by atoms with E-state index in [1.54, 1.807) is 7.11 Å². The van der Waals surface area contributed by atoms with Gasteiger partial charge in [-0.1, -0.05) is 42.3 Å². The highest BCUT2D eigenvalue weighted by Crippen LogP contribution is 2.42. The SMILES string of the molecule is CCOC(=O)C[C@H]1CCC[C@@H](N[C@@H](C)c2ccc(OC)cc2)[C@@H]1c1ccc(C)c(Cl)c1. The second kappa shape index (κ2) is 11.0. The van der Waals surface area contributed by atoms with Crippen molar-refractivity contribution < 1.29 is 14.3 Å². The van der Waals surface area contributed by atoms with Crippen LogP contribution < -0.4 is 10.1 Å². The summed E-state index contributed by atoms with van der Waals surface area (Å²) >= 11 is 6.49. The summed E-state index contributed by atoms with van der Waals surface area (Å²) in [4.78, 5) is 12.3. The highest BCUT2D eigenvalue weighted by atomic mass is 35.5. The van der Waals surface area contributed by atoms with Gasteiger partial charge in [-0.05, 0) is 74.4 Å². The van der Waals surface area contributed by atoms with Crippen LogP contribution in [0.3, 0.4) is 0 Å². The summed E-state index contributed by atoms with van der Waals surface area (Å²) in [5.41, 5.74) is 3.48. The fourth-order valence-corrected chi connectivity index (χ4v) is 4.96. The first-order valence-corrected chi connectivity index (χ1v) is 11.6. The van der Waals surface area contributed by atoms with E-state index in [0.717, 1.165) is 35.6 Å². The van der Waals surface area contributed by atoms with E-state index in [4.69, 9.17) is 21.1 Å². The second-order valence-electron chi connectivity index (χ2n) is 8.50. The van der Waals surface area contributed by atoms with Crippen LogP contribution in [-0.4, -0.2) is 25.7 Å². The van der Waals surface area contributed by atoms with E-state index in [2.05, 4.69) is 42.6 Å². The number of aryl methyl sites for hydroxylation is 1. The van der Waals surface area contributed by atoms with Gasteiger partial charge in [-0.3, -0.25) is 4.79 Å². The molecule has 0 spiro atoms. The van der Waals surface area contributed by atoms with E-state index in [1.165, 1.54) is 11.1 Å². The van der Waals surface area contributed by atoms with Gasteiger partial charge in [0.2, 0.25) is 0 Å². The fraction of sp³-hybridized carbons (Fsp3) is 0.500. The molecule has 5 heteroatoms. The van der Waals surface area contributed by atoms with Crippen molar-refractivity contribution in [2.45, 2.75) is 64.5 Å². The molecule has 1 N–H and O–H groups in total. The summed E-state index contributed by atoms with van der Waals surface area (Å²) < 4.78 is 10.6. The van der Waals surface area contributed by atoms with E-state index >= 15 is 0 Å². The van der Waals surface area contributed by atoms with Crippen molar-refractivity contribution in [3.8, 4) is 5.75 Å². The van der Waals surface area contributed by atoms with Gasteiger partial charge in [0.05, 0.1) is 13.7 Å². The van der Waals surface area contributed by atoms with Crippen molar-refractivity contribution in [1.82, 2.24) is 5.32 Å². The summed E-state index contributed by atoms with van der Waals surface area (Å²) in [5, 5.41) is 4.63. The molecule has 168 valence electrons. The highest BCUT2D eigenvalue weighted by Gasteiger charge is 2.36. The van der Waals surface area contributed by atoms with Crippen molar-refractivity contribution in [1.29, 1.82) is 0 Å². The number of hydrogen-bond acceptors (Lipinski definition) is 4. The third-order valence-electron chi connectivity index (χ3n) is 6.43. The maximum atomic E-state index is 12.3. The normalized spacial score (nSPS) is 22.0. The van der Waals surface area contributed by atoms with Crippen LogP contribution >= 0.6 is 11.6 Å². The Bertz CT molecular complexity index is 867. The second-order valence-corrected chi connectivity index (χ2v) is 8.91. The quantitative estimate of drug-likeness (QED) is 0.492. The standard InChI is InChI=1S/C26H34ClNO3/c1-5-31-25(29)16-20-7-6-8-24(26(20)21-10-9-17(2)23(27)15-21)28-18(3)19-11-13-22(30-4)14-12-19/h9-15,18,20,24,26,28H,5-8,16H2,1-4H3/t18-,20+,24+,26-/m0/s1. The number of carbonyl (C=O) groups excluding carboxylic acids is 1. The van der Waals surface area contributed by atoms with Crippen molar-refractivity contribution >= 4 is 17.6 Å². The molecule has 0 unspecified atom stereocenters. The molecule has 1 fully saturated rings. The highest BCUT2D eigenvalue weighted by molar-refractivity contribution is 6.31.